The number of hydrogen-bond acceptors (Lipinski definition) is 6. The molecule has 0 spiro atoms. The van der Waals surface area contributed by atoms with E-state index in [2.05, 4.69) is 5.32 Å². The van der Waals surface area contributed by atoms with Gasteiger partial charge in [-0.3, -0.25) is 4.79 Å². The van der Waals surface area contributed by atoms with Gasteiger partial charge in [-0.2, -0.15) is 0 Å². The fourth-order valence-electron chi connectivity index (χ4n) is 3.04. The van der Waals surface area contributed by atoms with Crippen LogP contribution < -0.4 is 5.32 Å². The Hall–Kier alpha value is -2.38. The van der Waals surface area contributed by atoms with Crippen molar-refractivity contribution >= 4 is 17.7 Å². The second-order valence-electron chi connectivity index (χ2n) is 6.54. The van der Waals surface area contributed by atoms with Gasteiger partial charge in [0, 0.05) is 26.1 Å². The Kier molecular flexibility index (Phi) is 6.47. The molecule has 7 heteroatoms. The first-order chi connectivity index (χ1) is 13.0. The molecule has 2 aromatic carbocycles. The Bertz CT molecular complexity index is 813. The van der Waals surface area contributed by atoms with Crippen molar-refractivity contribution in [2.24, 2.45) is 0 Å². The van der Waals surface area contributed by atoms with Crippen LogP contribution >= 0.6 is 11.8 Å². The van der Waals surface area contributed by atoms with Gasteiger partial charge in [0.2, 0.25) is 5.91 Å². The molecule has 144 valence electrons. The molecule has 1 fully saturated rings. The second kappa shape index (κ2) is 9.01. The van der Waals surface area contributed by atoms with E-state index in [9.17, 15) is 20.1 Å². The highest BCUT2D eigenvalue weighted by molar-refractivity contribution is 7.99. The summed E-state index contributed by atoms with van der Waals surface area (Å²) in [6.07, 6.45) is 2.55. The van der Waals surface area contributed by atoms with Crippen molar-refractivity contribution in [3.63, 3.8) is 0 Å². The summed E-state index contributed by atoms with van der Waals surface area (Å²) in [5.41, 5.74) is 0.953. The van der Waals surface area contributed by atoms with Crippen molar-refractivity contribution in [1.82, 2.24) is 10.2 Å². The number of phenolic OH excluding ortho intramolecular Hbond substituents is 3. The zero-order valence-corrected chi connectivity index (χ0v) is 15.8. The number of nitrogens with one attached hydrogen (secondary N) is 1. The number of amides is 1. The molecular weight excluding hydrogens is 364 g/mol. The van der Waals surface area contributed by atoms with E-state index in [4.69, 9.17) is 0 Å². The number of rotatable bonds is 8. The molecule has 4 N–H and O–H groups in total. The Morgan fingerprint density at radius 1 is 1.07 bits per heavy atom. The standard InChI is InChI=1S/C20H24N2O4S/c23-15-4-1-5-18(20(15)26)27-17-8-7-14(12-16(17)24)13-21-9-3-11-22-10-2-6-19(22)25/h1,4-5,7-8,12,21,23-24,26H,2-3,6,9-11,13H2. The summed E-state index contributed by atoms with van der Waals surface area (Å²) in [4.78, 5) is 14.5. The molecule has 1 saturated heterocycles. The van der Waals surface area contributed by atoms with Gasteiger partial charge in [-0.1, -0.05) is 23.9 Å². The van der Waals surface area contributed by atoms with Crippen molar-refractivity contribution in [2.75, 3.05) is 19.6 Å². The fourth-order valence-corrected chi connectivity index (χ4v) is 3.92. The van der Waals surface area contributed by atoms with Crippen LogP contribution in [0.1, 0.15) is 24.8 Å². The zero-order valence-electron chi connectivity index (χ0n) is 15.0. The van der Waals surface area contributed by atoms with E-state index < -0.39 is 0 Å². The van der Waals surface area contributed by atoms with Crippen LogP contribution in [0.15, 0.2) is 46.2 Å². The van der Waals surface area contributed by atoms with E-state index in [1.54, 1.807) is 24.3 Å². The van der Waals surface area contributed by atoms with Gasteiger partial charge in [0.25, 0.3) is 0 Å². The molecule has 1 aliphatic heterocycles. The third-order valence-electron chi connectivity index (χ3n) is 4.50. The third-order valence-corrected chi connectivity index (χ3v) is 5.62. The molecular formula is C20H24N2O4S. The Morgan fingerprint density at radius 2 is 1.93 bits per heavy atom. The number of benzene rings is 2. The van der Waals surface area contributed by atoms with E-state index in [1.807, 2.05) is 11.0 Å². The summed E-state index contributed by atoms with van der Waals surface area (Å²) in [6.45, 7) is 3.10. The van der Waals surface area contributed by atoms with Crippen molar-refractivity contribution in [2.45, 2.75) is 35.6 Å². The first-order valence-corrected chi connectivity index (χ1v) is 9.85. The maximum absolute atomic E-state index is 11.5. The summed E-state index contributed by atoms with van der Waals surface area (Å²) in [5.74, 6) is 0.00977. The predicted octanol–water partition coefficient (Wildman–Crippen LogP) is 3.06. The van der Waals surface area contributed by atoms with Crippen molar-refractivity contribution < 1.29 is 20.1 Å². The van der Waals surface area contributed by atoms with Gasteiger partial charge in [-0.05, 0) is 49.2 Å². The van der Waals surface area contributed by atoms with E-state index in [0.717, 1.165) is 38.0 Å². The van der Waals surface area contributed by atoms with E-state index in [1.165, 1.54) is 17.8 Å². The Labute approximate surface area is 162 Å². The molecule has 1 heterocycles. The molecule has 0 aromatic heterocycles. The average molecular weight is 388 g/mol. The van der Waals surface area contributed by atoms with Gasteiger partial charge in [-0.25, -0.2) is 0 Å². The van der Waals surface area contributed by atoms with Crippen LogP contribution in [-0.2, 0) is 11.3 Å². The van der Waals surface area contributed by atoms with Crippen molar-refractivity contribution in [3.05, 3.63) is 42.0 Å². The Balaban J connectivity index is 1.48. The molecule has 27 heavy (non-hydrogen) atoms. The predicted molar refractivity (Wildman–Crippen MR) is 104 cm³/mol. The van der Waals surface area contributed by atoms with Crippen LogP contribution in [0, 0.1) is 0 Å². The van der Waals surface area contributed by atoms with Gasteiger partial charge in [0.15, 0.2) is 11.5 Å². The lowest BCUT2D eigenvalue weighted by molar-refractivity contribution is -0.127. The normalized spacial score (nSPS) is 14.1. The van der Waals surface area contributed by atoms with Crippen LogP contribution in [-0.4, -0.2) is 45.8 Å². The van der Waals surface area contributed by atoms with Gasteiger partial charge in [0.1, 0.15) is 5.75 Å². The number of nitrogens with zero attached hydrogens (tertiary/aromatic N) is 1. The quantitative estimate of drug-likeness (QED) is 0.410. The zero-order chi connectivity index (χ0) is 19.2. The van der Waals surface area contributed by atoms with Crippen molar-refractivity contribution in [1.29, 1.82) is 0 Å². The highest BCUT2D eigenvalue weighted by Crippen LogP contribution is 2.42. The van der Waals surface area contributed by atoms with Crippen LogP contribution in [0.4, 0.5) is 0 Å². The third kappa shape index (κ3) is 5.08. The number of aromatic hydroxyl groups is 3. The first-order valence-electron chi connectivity index (χ1n) is 9.04. The van der Waals surface area contributed by atoms with E-state index in [-0.39, 0.29) is 23.2 Å². The minimum absolute atomic E-state index is 0.129. The molecule has 0 atom stereocenters. The number of carbonyl (C=O) groups excluding carboxylic acids is 1. The molecule has 0 aliphatic carbocycles. The molecule has 1 aliphatic rings. The molecule has 2 aromatic rings. The lowest BCUT2D eigenvalue weighted by Crippen LogP contribution is -2.28. The number of likely N-dealkylation sites (tertiary alicyclic amines) is 1. The molecule has 0 saturated carbocycles. The molecule has 1 amide bonds. The van der Waals surface area contributed by atoms with Gasteiger partial charge >= 0.3 is 0 Å². The SMILES string of the molecule is O=C1CCCN1CCCNCc1ccc(Sc2cccc(O)c2O)c(O)c1. The summed E-state index contributed by atoms with van der Waals surface area (Å²) >= 11 is 1.19. The molecule has 0 radical (unpaired) electrons. The largest absolute Gasteiger partial charge is 0.507 e. The minimum Gasteiger partial charge on any atom is -0.507 e. The van der Waals surface area contributed by atoms with E-state index in [0.29, 0.717) is 22.8 Å². The van der Waals surface area contributed by atoms with E-state index >= 15 is 0 Å². The number of para-hydroxylation sites is 1. The topological polar surface area (TPSA) is 93.0 Å². The van der Waals surface area contributed by atoms with Crippen LogP contribution in [0.5, 0.6) is 17.2 Å². The monoisotopic (exact) mass is 388 g/mol. The van der Waals surface area contributed by atoms with Crippen LogP contribution in [0.2, 0.25) is 0 Å². The van der Waals surface area contributed by atoms with Gasteiger partial charge in [-0.15, -0.1) is 0 Å². The highest BCUT2D eigenvalue weighted by atomic mass is 32.2. The van der Waals surface area contributed by atoms with Gasteiger partial charge in [0.05, 0.1) is 9.79 Å². The number of hydrogen-bond donors (Lipinski definition) is 4. The van der Waals surface area contributed by atoms with Crippen LogP contribution in [0.25, 0.3) is 0 Å². The number of phenols is 3. The number of carbonyl (C=O) groups is 1. The summed E-state index contributed by atoms with van der Waals surface area (Å²) in [7, 11) is 0. The van der Waals surface area contributed by atoms with Crippen LogP contribution in [0.3, 0.4) is 0 Å². The molecule has 3 rings (SSSR count). The maximum Gasteiger partial charge on any atom is 0.222 e. The lowest BCUT2D eigenvalue weighted by atomic mass is 10.2. The molecule has 0 bridgehead atoms. The maximum atomic E-state index is 11.5. The average Bonchev–Trinajstić information content (AvgIpc) is 3.05. The summed E-state index contributed by atoms with van der Waals surface area (Å²) in [5, 5.41) is 33.0. The first kappa shape index (κ1) is 19.4. The fraction of sp³-hybridized carbons (Fsp3) is 0.350. The summed E-state index contributed by atoms with van der Waals surface area (Å²) < 4.78 is 0. The Morgan fingerprint density at radius 3 is 2.67 bits per heavy atom. The molecule has 0 unspecified atom stereocenters. The summed E-state index contributed by atoms with van der Waals surface area (Å²) in [6, 6.07) is 10.1. The van der Waals surface area contributed by atoms with Gasteiger partial charge < -0.3 is 25.5 Å². The second-order valence-corrected chi connectivity index (χ2v) is 7.63. The molecule has 6 nitrogen and oxygen atoms in total. The lowest BCUT2D eigenvalue weighted by Gasteiger charge is -2.15. The smallest absolute Gasteiger partial charge is 0.222 e. The van der Waals surface area contributed by atoms with Crippen molar-refractivity contribution in [3.8, 4) is 17.2 Å². The minimum atomic E-state index is -0.191. The highest BCUT2D eigenvalue weighted by Gasteiger charge is 2.18.